The Labute approximate surface area is 155 Å². The highest BCUT2D eigenvalue weighted by Crippen LogP contribution is 2.36. The zero-order valence-electron chi connectivity index (χ0n) is 8.22. The van der Waals surface area contributed by atoms with E-state index < -0.39 is 7.07 Å². The van der Waals surface area contributed by atoms with E-state index in [0.29, 0.717) is 12.8 Å². The molecule has 0 fully saturated rings. The number of halogens is 5. The fourth-order valence-corrected chi connectivity index (χ4v) is 3.27. The topological polar surface area (TPSA) is 72.2 Å². The molecule has 0 unspecified atom stereocenters. The number of nitrogens with one attached hydrogen (secondary N) is 1. The normalized spacial score (nSPS) is 11.2. The van der Waals surface area contributed by atoms with Crippen LogP contribution in [0.4, 0.5) is 11.4 Å². The Kier molecular flexibility index (Phi) is 6.28. The number of nitrogens with zero attached hydrogens (tertiary/aromatic N) is 1. The maximum Gasteiger partial charge on any atom is 0.271 e. The van der Waals surface area contributed by atoms with Crippen LogP contribution < -0.4 is 5.32 Å². The Hall–Kier alpha value is 0.990. The summed E-state index contributed by atoms with van der Waals surface area (Å²) < 4.78 is 0.119. The number of nitro groups is 1. The first-order valence-electron chi connectivity index (χ1n) is 4.14. The lowest BCUT2D eigenvalue weighted by Crippen LogP contribution is -2.26. The van der Waals surface area contributed by atoms with Crippen molar-refractivity contribution in [1.82, 2.24) is 0 Å². The Morgan fingerprint density at radius 3 is 2.06 bits per heavy atom. The maximum atomic E-state index is 11.8. The van der Waals surface area contributed by atoms with Crippen molar-refractivity contribution in [2.24, 2.45) is 0 Å². The summed E-state index contributed by atoms with van der Waals surface area (Å²) in [6.07, 6.45) is 0. The smallest absolute Gasteiger partial charge is 0.271 e. The van der Waals surface area contributed by atoms with E-state index >= 15 is 0 Å². The van der Waals surface area contributed by atoms with Gasteiger partial charge in [0.05, 0.1) is 10.6 Å². The van der Waals surface area contributed by atoms with Gasteiger partial charge in [-0.1, -0.05) is 0 Å². The summed E-state index contributed by atoms with van der Waals surface area (Å²) in [6, 6.07) is 2.80. The molecule has 0 saturated carbocycles. The molecule has 1 aromatic rings. The van der Waals surface area contributed by atoms with E-state index in [0.717, 1.165) is 0 Å². The van der Waals surface area contributed by atoms with Crippen molar-refractivity contribution in [3.63, 3.8) is 0 Å². The molecule has 0 bridgehead atoms. The lowest BCUT2D eigenvalue weighted by atomic mass is 10.3. The minimum atomic E-state index is -1.07. The fraction of sp³-hybridized carbons (Fsp3) is 0.125. The third-order valence-electron chi connectivity index (χ3n) is 1.73. The monoisotopic (exact) mass is 666 g/mol. The molecular weight excluding hydrogens is 666 g/mol. The molecule has 0 spiro atoms. The van der Waals surface area contributed by atoms with Gasteiger partial charge in [-0.05, 0) is 93.0 Å². The summed E-state index contributed by atoms with van der Waals surface area (Å²) in [5.74, 6) is -0.368. The van der Waals surface area contributed by atoms with Crippen LogP contribution in [0.3, 0.4) is 0 Å². The average molecular weight is 669 g/mol. The molecule has 0 aromatic heterocycles. The predicted octanol–water partition coefficient (Wildman–Crippen LogP) is 4.58. The molecule has 1 rings (SSSR count). The van der Waals surface area contributed by atoms with Gasteiger partial charge >= 0.3 is 0 Å². The summed E-state index contributed by atoms with van der Waals surface area (Å²) in [4.78, 5) is 22.0. The van der Waals surface area contributed by atoms with Gasteiger partial charge in [0.15, 0.2) is 0 Å². The van der Waals surface area contributed by atoms with Gasteiger partial charge in [-0.2, -0.15) is 0 Å². The third kappa shape index (κ3) is 4.52. The van der Waals surface area contributed by atoms with Crippen molar-refractivity contribution >= 4 is 110 Å². The predicted molar refractivity (Wildman–Crippen MR) is 96.7 cm³/mol. The first-order valence-corrected chi connectivity index (χ1v) is 8.68. The molecule has 0 radical (unpaired) electrons. The van der Waals surface area contributed by atoms with E-state index in [9.17, 15) is 14.9 Å². The van der Waals surface area contributed by atoms with Crippen LogP contribution in [-0.4, -0.2) is 13.0 Å². The third-order valence-corrected chi connectivity index (χ3v) is 4.52. The number of carbonyl (C=O) groups excluding carboxylic acids is 1. The molecule has 0 heterocycles. The second-order valence-corrected chi connectivity index (χ2v) is 12.1. The molecule has 0 saturated heterocycles. The van der Waals surface area contributed by atoms with Gasteiger partial charge in [-0.3, -0.25) is 14.9 Å². The van der Waals surface area contributed by atoms with Crippen molar-refractivity contribution < 1.29 is 9.72 Å². The standard InChI is InChI=1S/C8H3Br3I2N2O3/c9-8(10,11)7(16)14-6-4(12)1-3(15(17)18)2-5(6)13/h1-2H,(H,14,16). The molecule has 0 aliphatic carbocycles. The SMILES string of the molecule is O=C(Nc1c(I)cc([N+](=O)[O-])cc1I)C(Br)(Br)Br. The van der Waals surface area contributed by atoms with Crippen molar-refractivity contribution in [3.8, 4) is 0 Å². The maximum absolute atomic E-state index is 11.8. The van der Waals surface area contributed by atoms with Crippen molar-refractivity contribution in [2.45, 2.75) is 2.14 Å². The van der Waals surface area contributed by atoms with Gasteiger partial charge in [-0.15, -0.1) is 0 Å². The summed E-state index contributed by atoms with van der Waals surface area (Å²) in [5, 5.41) is 13.4. The Balaban J connectivity index is 3.12. The van der Waals surface area contributed by atoms with Crippen molar-refractivity contribution in [1.29, 1.82) is 0 Å². The van der Waals surface area contributed by atoms with Gasteiger partial charge in [0.2, 0.25) is 2.14 Å². The van der Waals surface area contributed by atoms with Crippen LogP contribution in [0.1, 0.15) is 0 Å². The second-order valence-electron chi connectivity index (χ2n) is 2.99. The Morgan fingerprint density at radius 1 is 1.28 bits per heavy atom. The number of amides is 1. The summed E-state index contributed by atoms with van der Waals surface area (Å²) in [6.45, 7) is 0. The van der Waals surface area contributed by atoms with Crippen molar-refractivity contribution in [2.75, 3.05) is 5.32 Å². The second kappa shape index (κ2) is 6.63. The van der Waals surface area contributed by atoms with E-state index in [4.69, 9.17) is 0 Å². The van der Waals surface area contributed by atoms with E-state index in [1.165, 1.54) is 12.1 Å². The van der Waals surface area contributed by atoms with E-state index in [1.54, 1.807) is 0 Å². The van der Waals surface area contributed by atoms with Gasteiger partial charge in [0.1, 0.15) is 0 Å². The number of benzene rings is 1. The molecule has 1 N–H and O–H groups in total. The van der Waals surface area contributed by atoms with Gasteiger partial charge in [0, 0.05) is 19.3 Å². The van der Waals surface area contributed by atoms with Gasteiger partial charge in [0.25, 0.3) is 11.6 Å². The van der Waals surface area contributed by atoms with Crippen LogP contribution in [0.15, 0.2) is 12.1 Å². The molecule has 0 aliphatic heterocycles. The van der Waals surface area contributed by atoms with Crippen LogP contribution in [0.5, 0.6) is 0 Å². The van der Waals surface area contributed by atoms with Gasteiger partial charge in [-0.25, -0.2) is 0 Å². The van der Waals surface area contributed by atoms with Crippen molar-refractivity contribution in [3.05, 3.63) is 29.4 Å². The number of alkyl halides is 3. The molecule has 1 amide bonds. The number of rotatable bonds is 2. The number of non-ortho nitro benzene ring substituents is 1. The number of hydrogen-bond acceptors (Lipinski definition) is 3. The molecule has 98 valence electrons. The van der Waals surface area contributed by atoms with E-state index in [2.05, 4.69) is 53.1 Å². The number of nitro benzene ring substituents is 1. The summed E-state index contributed by atoms with van der Waals surface area (Å²) >= 11 is 13.2. The molecular formula is C8H3Br3I2N2O3. The van der Waals surface area contributed by atoms with Crippen LogP contribution in [0.2, 0.25) is 0 Å². The minimum absolute atomic E-state index is 0.00964. The first kappa shape index (κ1) is 17.0. The van der Waals surface area contributed by atoms with Crippen LogP contribution >= 0.6 is 93.0 Å². The molecule has 10 heteroatoms. The highest BCUT2D eigenvalue weighted by Gasteiger charge is 2.29. The Morgan fingerprint density at radius 2 is 1.72 bits per heavy atom. The minimum Gasteiger partial charge on any atom is -0.321 e. The van der Waals surface area contributed by atoms with E-state index in [-0.39, 0.29) is 11.6 Å². The summed E-state index contributed by atoms with van der Waals surface area (Å²) in [7, 11) is 0. The molecule has 0 atom stereocenters. The Bertz CT molecular complexity index is 496. The quantitative estimate of drug-likeness (QED) is 0.217. The number of anilines is 1. The summed E-state index contributed by atoms with van der Waals surface area (Å²) in [5.41, 5.74) is 0.527. The average Bonchev–Trinajstić information content (AvgIpc) is 2.21. The lowest BCUT2D eigenvalue weighted by Gasteiger charge is -2.14. The van der Waals surface area contributed by atoms with E-state index in [1.807, 2.05) is 45.2 Å². The van der Waals surface area contributed by atoms with Crippen LogP contribution in [0.25, 0.3) is 0 Å². The highest BCUT2D eigenvalue weighted by molar-refractivity contribution is 14.1. The van der Waals surface area contributed by atoms with Crippen LogP contribution in [-0.2, 0) is 4.79 Å². The zero-order chi connectivity index (χ0) is 14.1. The first-order chi connectivity index (χ1) is 8.12. The number of carbonyl (C=O) groups is 1. The number of hydrogen-bond donors (Lipinski definition) is 1. The molecule has 5 nitrogen and oxygen atoms in total. The molecule has 1 aromatic carbocycles. The largest absolute Gasteiger partial charge is 0.321 e. The lowest BCUT2D eigenvalue weighted by molar-refractivity contribution is -0.385. The molecule has 0 aliphatic rings. The van der Waals surface area contributed by atoms with Gasteiger partial charge < -0.3 is 5.32 Å². The van der Waals surface area contributed by atoms with Crippen LogP contribution in [0, 0.1) is 17.3 Å². The zero-order valence-corrected chi connectivity index (χ0v) is 17.3. The molecule has 18 heavy (non-hydrogen) atoms. The fourth-order valence-electron chi connectivity index (χ4n) is 0.969. The highest BCUT2D eigenvalue weighted by atomic mass is 127.